The molecule has 0 aliphatic heterocycles. The second kappa shape index (κ2) is 8.54. The molecule has 6 nitrogen and oxygen atoms in total. The number of carbonyl (C=O) groups is 1. The Bertz CT molecular complexity index is 847. The molecule has 142 valence electrons. The summed E-state index contributed by atoms with van der Waals surface area (Å²) in [5.41, 5.74) is 0.452. The summed E-state index contributed by atoms with van der Waals surface area (Å²) in [7, 11) is 0. The average molecular weight is 379 g/mol. The molecule has 7 heteroatoms. The van der Waals surface area contributed by atoms with Gasteiger partial charge in [-0.15, -0.1) is 0 Å². The van der Waals surface area contributed by atoms with Gasteiger partial charge in [-0.2, -0.15) is 0 Å². The van der Waals surface area contributed by atoms with Crippen molar-refractivity contribution in [2.45, 2.75) is 47.2 Å². The molecular weight excluding hydrogens is 352 g/mol. The fraction of sp³-hybridized carbons (Fsp3) is 0.526. The minimum atomic E-state index is -0.336. The first-order chi connectivity index (χ1) is 12.3. The molecule has 26 heavy (non-hydrogen) atoms. The maximum Gasteiger partial charge on any atom is 0.318 e. The van der Waals surface area contributed by atoms with Crippen LogP contribution in [0.25, 0.3) is 10.9 Å². The van der Waals surface area contributed by atoms with E-state index in [1.807, 2.05) is 20.8 Å². The Morgan fingerprint density at radius 1 is 1.31 bits per heavy atom. The van der Waals surface area contributed by atoms with Crippen LogP contribution in [-0.2, 0) is 6.54 Å². The fourth-order valence-electron chi connectivity index (χ4n) is 3.04. The molecule has 2 amide bonds. The smallest absolute Gasteiger partial charge is 0.318 e. The second-order valence-electron chi connectivity index (χ2n) is 6.74. The largest absolute Gasteiger partial charge is 0.338 e. The second-order valence-corrected chi connectivity index (χ2v) is 7.17. The number of aromatic nitrogens is 2. The van der Waals surface area contributed by atoms with Crippen LogP contribution in [0.4, 0.5) is 4.79 Å². The topological polar surface area (TPSA) is 67.2 Å². The minimum Gasteiger partial charge on any atom is -0.338 e. The van der Waals surface area contributed by atoms with Crippen LogP contribution in [0.15, 0.2) is 23.0 Å². The Labute approximate surface area is 159 Å². The zero-order valence-electron chi connectivity index (χ0n) is 16.0. The number of rotatable bonds is 6. The minimum absolute atomic E-state index is 0.137. The molecule has 0 bridgehead atoms. The highest BCUT2D eigenvalue weighted by Gasteiger charge is 2.26. The van der Waals surface area contributed by atoms with E-state index in [0.717, 1.165) is 0 Å². The van der Waals surface area contributed by atoms with E-state index < -0.39 is 0 Å². The number of amides is 2. The number of hydrogen-bond acceptors (Lipinski definition) is 3. The predicted molar refractivity (Wildman–Crippen MR) is 106 cm³/mol. The first kappa shape index (κ1) is 20.2. The summed E-state index contributed by atoms with van der Waals surface area (Å²) in [6, 6.07) is 4.62. The zero-order valence-corrected chi connectivity index (χ0v) is 16.8. The van der Waals surface area contributed by atoms with E-state index in [1.165, 1.54) is 0 Å². The molecule has 1 N–H and O–H groups in total. The van der Waals surface area contributed by atoms with Gasteiger partial charge in [-0.25, -0.2) is 9.78 Å². The highest BCUT2D eigenvalue weighted by atomic mass is 35.5. The molecule has 0 radical (unpaired) electrons. The molecule has 1 atom stereocenters. The van der Waals surface area contributed by atoms with E-state index in [4.69, 9.17) is 16.6 Å². The van der Waals surface area contributed by atoms with E-state index in [1.54, 1.807) is 27.7 Å². The van der Waals surface area contributed by atoms with Crippen LogP contribution in [0.1, 0.15) is 46.5 Å². The van der Waals surface area contributed by atoms with Gasteiger partial charge in [0.15, 0.2) is 0 Å². The van der Waals surface area contributed by atoms with Gasteiger partial charge >= 0.3 is 6.03 Å². The lowest BCUT2D eigenvalue weighted by Gasteiger charge is -2.31. The molecule has 0 aliphatic carbocycles. The molecule has 1 aromatic carbocycles. The lowest BCUT2D eigenvalue weighted by molar-refractivity contribution is 0.166. The van der Waals surface area contributed by atoms with Gasteiger partial charge in [0, 0.05) is 24.7 Å². The number of halogens is 1. The Morgan fingerprint density at radius 2 is 2.00 bits per heavy atom. The number of nitrogens with one attached hydrogen (secondary N) is 1. The van der Waals surface area contributed by atoms with Gasteiger partial charge in [0.2, 0.25) is 0 Å². The number of urea groups is 1. The van der Waals surface area contributed by atoms with Crippen LogP contribution in [0.2, 0.25) is 5.02 Å². The Morgan fingerprint density at radius 3 is 2.58 bits per heavy atom. The maximum atomic E-state index is 12.9. The third kappa shape index (κ3) is 4.18. The zero-order chi connectivity index (χ0) is 19.4. The molecular formula is C19H27ClN4O2. The van der Waals surface area contributed by atoms with E-state index >= 15 is 0 Å². The number of benzene rings is 1. The normalized spacial score (nSPS) is 12.4. The van der Waals surface area contributed by atoms with Crippen molar-refractivity contribution in [3.8, 4) is 0 Å². The van der Waals surface area contributed by atoms with Crippen molar-refractivity contribution >= 4 is 28.5 Å². The van der Waals surface area contributed by atoms with Gasteiger partial charge in [-0.3, -0.25) is 9.36 Å². The van der Waals surface area contributed by atoms with Crippen LogP contribution >= 0.6 is 11.6 Å². The number of carbonyl (C=O) groups excluding carboxylic acids is 1. The third-order valence-electron chi connectivity index (χ3n) is 4.25. The number of hydrogen-bond donors (Lipinski definition) is 1. The van der Waals surface area contributed by atoms with Crippen LogP contribution < -0.4 is 10.9 Å². The quantitative estimate of drug-likeness (QED) is 0.830. The molecule has 1 aromatic heterocycles. The highest BCUT2D eigenvalue weighted by molar-refractivity contribution is 6.31. The Hall–Kier alpha value is -2.08. The van der Waals surface area contributed by atoms with Gasteiger partial charge in [-0.1, -0.05) is 25.4 Å². The SMILES string of the molecule is CCNC(=O)N(CC(C)C)C(C)c1nc2ccc(Cl)cc2c(=O)n1CC. The summed E-state index contributed by atoms with van der Waals surface area (Å²) in [6.45, 7) is 11.4. The molecule has 1 unspecified atom stereocenters. The third-order valence-corrected chi connectivity index (χ3v) is 4.49. The fourth-order valence-corrected chi connectivity index (χ4v) is 3.21. The van der Waals surface area contributed by atoms with Crippen molar-refractivity contribution in [1.82, 2.24) is 19.8 Å². The molecule has 0 aliphatic rings. The van der Waals surface area contributed by atoms with E-state index in [-0.39, 0.29) is 17.6 Å². The van der Waals surface area contributed by atoms with Crippen LogP contribution in [0.3, 0.4) is 0 Å². The molecule has 0 saturated carbocycles. The van der Waals surface area contributed by atoms with Gasteiger partial charge in [0.25, 0.3) is 5.56 Å². The molecule has 2 aromatic rings. The summed E-state index contributed by atoms with van der Waals surface area (Å²) < 4.78 is 1.62. The van der Waals surface area contributed by atoms with Gasteiger partial charge in [0.05, 0.1) is 16.9 Å². The Balaban J connectivity index is 2.59. The molecule has 0 fully saturated rings. The van der Waals surface area contributed by atoms with Crippen LogP contribution in [0, 0.1) is 5.92 Å². The van der Waals surface area contributed by atoms with Crippen molar-refractivity contribution in [3.63, 3.8) is 0 Å². The summed E-state index contributed by atoms with van der Waals surface area (Å²) in [5, 5.41) is 3.85. The number of nitrogens with zero attached hydrogens (tertiary/aromatic N) is 3. The van der Waals surface area contributed by atoms with Crippen molar-refractivity contribution < 1.29 is 4.79 Å². The first-order valence-electron chi connectivity index (χ1n) is 9.04. The van der Waals surface area contributed by atoms with Crippen molar-refractivity contribution in [1.29, 1.82) is 0 Å². The van der Waals surface area contributed by atoms with Crippen molar-refractivity contribution in [2.75, 3.05) is 13.1 Å². The lowest BCUT2D eigenvalue weighted by Crippen LogP contribution is -2.44. The summed E-state index contributed by atoms with van der Waals surface area (Å²) in [5.74, 6) is 0.875. The highest BCUT2D eigenvalue weighted by Crippen LogP contribution is 2.22. The molecule has 1 heterocycles. The predicted octanol–water partition coefficient (Wildman–Crippen LogP) is 3.82. The monoisotopic (exact) mass is 378 g/mol. The lowest BCUT2D eigenvalue weighted by atomic mass is 10.1. The summed E-state index contributed by atoms with van der Waals surface area (Å²) in [6.07, 6.45) is 0. The van der Waals surface area contributed by atoms with E-state index in [0.29, 0.717) is 47.3 Å². The molecule has 2 rings (SSSR count). The maximum absolute atomic E-state index is 12.9. The van der Waals surface area contributed by atoms with Gasteiger partial charge in [0.1, 0.15) is 5.82 Å². The van der Waals surface area contributed by atoms with Gasteiger partial charge in [-0.05, 0) is 44.9 Å². The number of fused-ring (bicyclic) bond motifs is 1. The van der Waals surface area contributed by atoms with Crippen molar-refractivity contribution in [3.05, 3.63) is 39.4 Å². The first-order valence-corrected chi connectivity index (χ1v) is 9.42. The van der Waals surface area contributed by atoms with Gasteiger partial charge < -0.3 is 10.2 Å². The van der Waals surface area contributed by atoms with Crippen molar-refractivity contribution in [2.24, 2.45) is 5.92 Å². The molecule has 0 spiro atoms. The standard InChI is InChI=1S/C19H27ClN4O2/c1-6-21-19(26)24(11-12(3)4)13(5)17-22-16-9-8-14(20)10-15(16)18(25)23(17)7-2/h8-10,12-13H,6-7,11H2,1-5H3,(H,21,26). The summed E-state index contributed by atoms with van der Waals surface area (Å²) >= 11 is 6.04. The molecule has 0 saturated heterocycles. The Kier molecular flexibility index (Phi) is 6.64. The van der Waals surface area contributed by atoms with E-state index in [2.05, 4.69) is 19.2 Å². The van der Waals surface area contributed by atoms with Crippen LogP contribution in [-0.4, -0.2) is 33.6 Å². The average Bonchev–Trinajstić information content (AvgIpc) is 2.59. The summed E-state index contributed by atoms with van der Waals surface area (Å²) in [4.78, 5) is 31.9. The van der Waals surface area contributed by atoms with Crippen LogP contribution in [0.5, 0.6) is 0 Å². The van der Waals surface area contributed by atoms with E-state index in [9.17, 15) is 9.59 Å².